The smallest absolute Gasteiger partial charge is 0.238 e. The average molecular weight is 368 g/mol. The van der Waals surface area contributed by atoms with Crippen molar-refractivity contribution in [3.8, 4) is 0 Å². The number of rotatable bonds is 4. The van der Waals surface area contributed by atoms with Gasteiger partial charge in [0.1, 0.15) is 0 Å². The summed E-state index contributed by atoms with van der Waals surface area (Å²) in [6.45, 7) is 7.47. The zero-order valence-electron chi connectivity index (χ0n) is 15.1. The van der Waals surface area contributed by atoms with Crippen molar-refractivity contribution in [2.24, 2.45) is 0 Å². The summed E-state index contributed by atoms with van der Waals surface area (Å²) in [7, 11) is 0. The lowest BCUT2D eigenvalue weighted by Gasteiger charge is -2.36. The Morgan fingerprint density at radius 2 is 1.81 bits per heavy atom. The quantitative estimate of drug-likeness (QED) is 0.897. The molecular weight excluding hydrogens is 342 g/mol. The fourth-order valence-electron chi connectivity index (χ4n) is 3.70. The van der Waals surface area contributed by atoms with Crippen LogP contribution in [0.1, 0.15) is 12.5 Å². The van der Waals surface area contributed by atoms with Crippen LogP contribution in [0.5, 0.6) is 0 Å². The Balaban J connectivity index is 1.45. The van der Waals surface area contributed by atoms with Crippen LogP contribution in [-0.4, -0.2) is 48.8 Å². The van der Waals surface area contributed by atoms with Crippen LogP contribution in [0, 0.1) is 0 Å². The number of fused-ring (bicyclic) bond motifs is 1. The van der Waals surface area contributed by atoms with Crippen molar-refractivity contribution < 1.29 is 4.79 Å². The van der Waals surface area contributed by atoms with Crippen LogP contribution < -0.4 is 10.2 Å². The Kier molecular flexibility index (Phi) is 5.18. The molecule has 1 amide bonds. The highest BCUT2D eigenvalue weighted by Crippen LogP contribution is 2.37. The van der Waals surface area contributed by atoms with Gasteiger partial charge in [-0.25, -0.2) is 0 Å². The molecule has 1 fully saturated rings. The van der Waals surface area contributed by atoms with Gasteiger partial charge in [-0.05, 0) is 36.7 Å². The first-order valence-electron chi connectivity index (χ1n) is 9.36. The second-order valence-corrected chi connectivity index (χ2v) is 8.09. The van der Waals surface area contributed by atoms with Crippen LogP contribution in [0.15, 0.2) is 53.4 Å². The van der Waals surface area contributed by atoms with Crippen molar-refractivity contribution >= 4 is 29.0 Å². The Morgan fingerprint density at radius 3 is 2.58 bits per heavy atom. The number of carbonyl (C=O) groups is 1. The highest BCUT2D eigenvalue weighted by atomic mass is 32.2. The largest absolute Gasteiger partial charge is 0.367 e. The van der Waals surface area contributed by atoms with Crippen LogP contribution in [0.3, 0.4) is 0 Å². The number of benzene rings is 2. The van der Waals surface area contributed by atoms with Crippen LogP contribution in [0.25, 0.3) is 0 Å². The molecule has 1 atom stereocenters. The molecule has 2 aliphatic rings. The van der Waals surface area contributed by atoms with Gasteiger partial charge in [0.15, 0.2) is 0 Å². The van der Waals surface area contributed by atoms with Crippen molar-refractivity contribution in [1.82, 2.24) is 4.90 Å². The van der Waals surface area contributed by atoms with Gasteiger partial charge in [-0.15, -0.1) is 11.8 Å². The summed E-state index contributed by atoms with van der Waals surface area (Å²) in [5.41, 5.74) is 3.35. The second-order valence-electron chi connectivity index (χ2n) is 6.85. The molecule has 2 aromatic rings. The SMILES string of the molecule is CCN1CCN(c2ccccc2NC(=O)C2Cc3ccccc3S2)CC1. The molecule has 136 valence electrons. The minimum Gasteiger partial charge on any atom is -0.367 e. The standard InChI is InChI=1S/C21H25N3OS/c1-2-23-11-13-24(14-12-23)18-9-5-4-8-17(18)22-21(25)20-15-16-7-3-6-10-19(16)26-20/h3-10,20H,2,11-15H2,1H3,(H,22,25). The topological polar surface area (TPSA) is 35.6 Å². The number of likely N-dealkylation sites (N-methyl/N-ethyl adjacent to an activating group) is 1. The number of nitrogens with one attached hydrogen (secondary N) is 1. The van der Waals surface area contributed by atoms with Crippen molar-refractivity contribution in [2.45, 2.75) is 23.5 Å². The van der Waals surface area contributed by atoms with Gasteiger partial charge in [-0.3, -0.25) is 4.79 Å². The van der Waals surface area contributed by atoms with Gasteiger partial charge in [0, 0.05) is 31.1 Å². The Labute approximate surface area is 159 Å². The number of para-hydroxylation sites is 2. The Hall–Kier alpha value is -1.98. The summed E-state index contributed by atoms with van der Waals surface area (Å²) < 4.78 is 0. The summed E-state index contributed by atoms with van der Waals surface area (Å²) in [5.74, 6) is 0.103. The van der Waals surface area contributed by atoms with E-state index in [0.717, 1.165) is 50.5 Å². The first-order valence-corrected chi connectivity index (χ1v) is 10.2. The Morgan fingerprint density at radius 1 is 1.08 bits per heavy atom. The lowest BCUT2D eigenvalue weighted by atomic mass is 10.1. The molecule has 0 aliphatic carbocycles. The summed E-state index contributed by atoms with van der Waals surface area (Å²) in [5, 5.41) is 3.15. The highest BCUT2D eigenvalue weighted by Gasteiger charge is 2.28. The van der Waals surface area contributed by atoms with E-state index in [0.29, 0.717) is 0 Å². The van der Waals surface area contributed by atoms with Crippen molar-refractivity contribution in [3.63, 3.8) is 0 Å². The number of thioether (sulfide) groups is 1. The lowest BCUT2D eigenvalue weighted by molar-refractivity contribution is -0.115. The average Bonchev–Trinajstić information content (AvgIpc) is 3.13. The predicted molar refractivity (Wildman–Crippen MR) is 109 cm³/mol. The van der Waals surface area contributed by atoms with Gasteiger partial charge in [0.05, 0.1) is 16.6 Å². The molecule has 26 heavy (non-hydrogen) atoms. The Bertz CT molecular complexity index is 761. The number of hydrogen-bond acceptors (Lipinski definition) is 4. The highest BCUT2D eigenvalue weighted by molar-refractivity contribution is 8.01. The van der Waals surface area contributed by atoms with Gasteiger partial charge >= 0.3 is 0 Å². The number of carbonyl (C=O) groups excluding carboxylic acids is 1. The zero-order valence-corrected chi connectivity index (χ0v) is 16.0. The van der Waals surface area contributed by atoms with E-state index in [-0.39, 0.29) is 11.2 Å². The van der Waals surface area contributed by atoms with E-state index < -0.39 is 0 Å². The van der Waals surface area contributed by atoms with E-state index in [4.69, 9.17) is 0 Å². The van der Waals surface area contributed by atoms with Crippen molar-refractivity contribution in [2.75, 3.05) is 42.9 Å². The normalized spacial score (nSPS) is 20.0. The van der Waals surface area contributed by atoms with Crippen LogP contribution in [-0.2, 0) is 11.2 Å². The van der Waals surface area contributed by atoms with Gasteiger partial charge < -0.3 is 15.1 Å². The summed E-state index contributed by atoms with van der Waals surface area (Å²) >= 11 is 1.68. The van der Waals surface area contributed by atoms with Crippen LogP contribution >= 0.6 is 11.8 Å². The molecule has 2 aliphatic heterocycles. The molecule has 1 N–H and O–H groups in total. The van der Waals surface area contributed by atoms with E-state index in [1.54, 1.807) is 11.8 Å². The maximum atomic E-state index is 12.9. The predicted octanol–water partition coefficient (Wildman–Crippen LogP) is 3.48. The zero-order chi connectivity index (χ0) is 17.9. The molecule has 1 saturated heterocycles. The van der Waals surface area contributed by atoms with E-state index in [1.165, 1.54) is 10.5 Å². The summed E-state index contributed by atoms with van der Waals surface area (Å²) in [6, 6.07) is 16.5. The molecule has 0 spiro atoms. The van der Waals surface area contributed by atoms with Crippen molar-refractivity contribution in [1.29, 1.82) is 0 Å². The molecule has 0 bridgehead atoms. The molecule has 0 radical (unpaired) electrons. The number of amides is 1. The van der Waals surface area contributed by atoms with E-state index in [9.17, 15) is 4.79 Å². The number of piperazine rings is 1. The number of anilines is 2. The summed E-state index contributed by atoms with van der Waals surface area (Å²) in [4.78, 5) is 18.9. The molecule has 2 heterocycles. The first kappa shape index (κ1) is 17.4. The third-order valence-corrected chi connectivity index (χ3v) is 6.58. The minimum atomic E-state index is -0.0441. The lowest BCUT2D eigenvalue weighted by Crippen LogP contribution is -2.46. The van der Waals surface area contributed by atoms with Gasteiger partial charge in [0.25, 0.3) is 0 Å². The third-order valence-electron chi connectivity index (χ3n) is 5.26. The molecule has 4 nitrogen and oxygen atoms in total. The second kappa shape index (κ2) is 7.72. The van der Waals surface area contributed by atoms with Crippen molar-refractivity contribution in [3.05, 3.63) is 54.1 Å². The van der Waals surface area contributed by atoms with E-state index in [2.05, 4.69) is 46.3 Å². The van der Waals surface area contributed by atoms with Gasteiger partial charge in [-0.1, -0.05) is 37.3 Å². The maximum Gasteiger partial charge on any atom is 0.238 e. The first-order chi connectivity index (χ1) is 12.7. The van der Waals surface area contributed by atoms with Gasteiger partial charge in [-0.2, -0.15) is 0 Å². The van der Waals surface area contributed by atoms with Crippen LogP contribution in [0.4, 0.5) is 11.4 Å². The van der Waals surface area contributed by atoms with E-state index >= 15 is 0 Å². The fraction of sp³-hybridized carbons (Fsp3) is 0.381. The molecule has 5 heteroatoms. The molecule has 2 aromatic carbocycles. The third kappa shape index (κ3) is 3.60. The minimum absolute atomic E-state index is 0.0441. The molecular formula is C21H25N3OS. The number of hydrogen-bond donors (Lipinski definition) is 1. The van der Waals surface area contributed by atoms with Gasteiger partial charge in [0.2, 0.25) is 5.91 Å². The monoisotopic (exact) mass is 367 g/mol. The molecule has 1 unspecified atom stereocenters. The number of nitrogens with zero attached hydrogens (tertiary/aromatic N) is 2. The van der Waals surface area contributed by atoms with Crippen LogP contribution in [0.2, 0.25) is 0 Å². The van der Waals surface area contributed by atoms with E-state index in [1.807, 2.05) is 24.3 Å². The maximum absolute atomic E-state index is 12.9. The molecule has 4 rings (SSSR count). The molecule has 0 saturated carbocycles. The fourth-order valence-corrected chi connectivity index (χ4v) is 4.90. The molecule has 0 aromatic heterocycles. The summed E-state index contributed by atoms with van der Waals surface area (Å²) in [6.07, 6.45) is 0.810.